The van der Waals surface area contributed by atoms with Gasteiger partial charge in [-0.1, -0.05) is 0 Å². The molecule has 0 spiro atoms. The molecule has 0 radical (unpaired) electrons. The Hall–Kier alpha value is -2.32. The number of hydrogen-bond donors (Lipinski definition) is 1. The molecule has 6 nitrogen and oxygen atoms in total. The lowest BCUT2D eigenvalue weighted by atomic mass is 9.95. The van der Waals surface area contributed by atoms with Gasteiger partial charge in [-0.3, -0.25) is 4.79 Å². The fraction of sp³-hybridized carbons (Fsp3) is 0.333. The molecule has 0 atom stereocenters. The number of hydrogen-bond acceptors (Lipinski definition) is 6. The number of halogens is 1. The normalized spacial score (nSPS) is 13.6. The van der Waals surface area contributed by atoms with Crippen molar-refractivity contribution in [3.05, 3.63) is 56.5 Å². The van der Waals surface area contributed by atoms with E-state index in [9.17, 15) is 4.79 Å². The summed E-state index contributed by atoms with van der Waals surface area (Å²) in [7, 11) is 3.83. The standard InChI is InChI=1S/C21H22BrN3O3S/c1-25(2)21-16(22)10-14(28-21)12-24-20-18(15-7-3-4-8-17(15)29-20)19(26)23-11-13-6-5-9-27-13/h5-6,9-10,12H,3-4,7-8,11H2,1-2H3,(H,23,26). The third-order valence-electron chi connectivity index (χ3n) is 4.79. The van der Waals surface area contributed by atoms with Gasteiger partial charge in [0.25, 0.3) is 5.91 Å². The second-order valence-electron chi connectivity index (χ2n) is 7.11. The van der Waals surface area contributed by atoms with Crippen molar-refractivity contribution in [2.75, 3.05) is 19.0 Å². The molecule has 3 aromatic rings. The Balaban J connectivity index is 1.61. The zero-order chi connectivity index (χ0) is 20.4. The lowest BCUT2D eigenvalue weighted by Crippen LogP contribution is -2.23. The summed E-state index contributed by atoms with van der Waals surface area (Å²) in [6.45, 7) is 0.358. The SMILES string of the molecule is CN(C)c1oc(C=Nc2sc3c(c2C(=O)NCc2ccco2)CCCC3)cc1Br. The minimum atomic E-state index is -0.109. The summed E-state index contributed by atoms with van der Waals surface area (Å²) < 4.78 is 12.0. The van der Waals surface area contributed by atoms with Crippen LogP contribution in [-0.2, 0) is 19.4 Å². The highest BCUT2D eigenvalue weighted by molar-refractivity contribution is 9.10. The minimum Gasteiger partial charge on any atom is -0.467 e. The summed E-state index contributed by atoms with van der Waals surface area (Å²) in [5.41, 5.74) is 1.82. The van der Waals surface area contributed by atoms with Gasteiger partial charge in [0, 0.05) is 25.0 Å². The number of thiophene rings is 1. The molecule has 0 fully saturated rings. The number of nitrogens with zero attached hydrogens (tertiary/aromatic N) is 2. The van der Waals surface area contributed by atoms with Crippen LogP contribution in [0.4, 0.5) is 10.9 Å². The van der Waals surface area contributed by atoms with E-state index in [0.717, 1.165) is 52.4 Å². The average molecular weight is 476 g/mol. The molecule has 4 rings (SSSR count). The fourth-order valence-electron chi connectivity index (χ4n) is 3.41. The first-order valence-corrected chi connectivity index (χ1v) is 11.1. The molecule has 0 aliphatic heterocycles. The van der Waals surface area contributed by atoms with Gasteiger partial charge in [-0.15, -0.1) is 11.3 Å². The van der Waals surface area contributed by atoms with Gasteiger partial charge in [0.15, 0.2) is 0 Å². The van der Waals surface area contributed by atoms with Crippen LogP contribution in [-0.4, -0.2) is 26.2 Å². The molecule has 29 heavy (non-hydrogen) atoms. The van der Waals surface area contributed by atoms with E-state index in [1.807, 2.05) is 37.2 Å². The van der Waals surface area contributed by atoms with E-state index in [1.165, 1.54) is 4.88 Å². The predicted molar refractivity (Wildman–Crippen MR) is 119 cm³/mol. The highest BCUT2D eigenvalue weighted by Gasteiger charge is 2.25. The average Bonchev–Trinajstić information content (AvgIpc) is 3.42. The van der Waals surface area contributed by atoms with Gasteiger partial charge in [-0.05, 0) is 59.3 Å². The molecule has 8 heteroatoms. The predicted octanol–water partition coefficient (Wildman–Crippen LogP) is 5.32. The van der Waals surface area contributed by atoms with E-state index in [0.29, 0.717) is 17.9 Å². The maximum Gasteiger partial charge on any atom is 0.255 e. The first kappa shape index (κ1) is 20.0. The monoisotopic (exact) mass is 475 g/mol. The molecule has 0 aromatic carbocycles. The number of aryl methyl sites for hydroxylation is 1. The van der Waals surface area contributed by atoms with Crippen LogP contribution >= 0.6 is 27.3 Å². The van der Waals surface area contributed by atoms with Crippen LogP contribution in [0.25, 0.3) is 0 Å². The summed E-state index contributed by atoms with van der Waals surface area (Å²) in [5.74, 6) is 1.98. The zero-order valence-corrected chi connectivity index (χ0v) is 18.7. The number of carbonyl (C=O) groups is 1. The van der Waals surface area contributed by atoms with Crippen molar-refractivity contribution < 1.29 is 13.6 Å². The Labute approximate surface area is 181 Å². The van der Waals surface area contributed by atoms with Crippen molar-refractivity contribution in [3.8, 4) is 0 Å². The number of rotatable bonds is 6. The fourth-order valence-corrected chi connectivity index (χ4v) is 5.30. The van der Waals surface area contributed by atoms with Crippen LogP contribution in [0.3, 0.4) is 0 Å². The molecular formula is C21H22BrN3O3S. The molecule has 1 amide bonds. The molecule has 3 heterocycles. The number of fused-ring (bicyclic) bond motifs is 1. The van der Waals surface area contributed by atoms with Gasteiger partial charge in [0.2, 0.25) is 5.88 Å². The van der Waals surface area contributed by atoms with Crippen LogP contribution in [0.15, 0.2) is 42.8 Å². The van der Waals surface area contributed by atoms with Gasteiger partial charge in [-0.2, -0.15) is 0 Å². The van der Waals surface area contributed by atoms with Gasteiger partial charge in [0.05, 0.1) is 29.1 Å². The molecule has 3 aromatic heterocycles. The van der Waals surface area contributed by atoms with Gasteiger partial charge in [-0.25, -0.2) is 4.99 Å². The lowest BCUT2D eigenvalue weighted by Gasteiger charge is -2.12. The van der Waals surface area contributed by atoms with Gasteiger partial charge >= 0.3 is 0 Å². The van der Waals surface area contributed by atoms with Crippen molar-refractivity contribution in [1.29, 1.82) is 0 Å². The van der Waals surface area contributed by atoms with Crippen LogP contribution in [0, 0.1) is 0 Å². The number of anilines is 1. The molecule has 152 valence electrons. The number of carbonyl (C=O) groups excluding carboxylic acids is 1. The Bertz CT molecular complexity index is 1030. The summed E-state index contributed by atoms with van der Waals surface area (Å²) in [6.07, 6.45) is 7.46. The first-order chi connectivity index (χ1) is 14.0. The zero-order valence-electron chi connectivity index (χ0n) is 16.3. The molecule has 0 saturated heterocycles. The van der Waals surface area contributed by atoms with E-state index in [2.05, 4.69) is 26.2 Å². The van der Waals surface area contributed by atoms with Gasteiger partial charge < -0.3 is 19.1 Å². The third-order valence-corrected chi connectivity index (χ3v) is 6.55. The van der Waals surface area contributed by atoms with E-state index in [4.69, 9.17) is 8.83 Å². The van der Waals surface area contributed by atoms with Crippen molar-refractivity contribution in [2.45, 2.75) is 32.2 Å². The van der Waals surface area contributed by atoms with Crippen LogP contribution < -0.4 is 10.2 Å². The van der Waals surface area contributed by atoms with E-state index < -0.39 is 0 Å². The van der Waals surface area contributed by atoms with Gasteiger partial charge in [0.1, 0.15) is 16.5 Å². The van der Waals surface area contributed by atoms with Crippen LogP contribution in [0.2, 0.25) is 0 Å². The molecule has 0 bridgehead atoms. The number of amides is 1. The number of nitrogens with one attached hydrogen (secondary N) is 1. The quantitative estimate of drug-likeness (QED) is 0.489. The second kappa shape index (κ2) is 8.59. The molecule has 1 aliphatic rings. The van der Waals surface area contributed by atoms with Crippen molar-refractivity contribution in [2.24, 2.45) is 4.99 Å². The summed E-state index contributed by atoms with van der Waals surface area (Å²) >= 11 is 5.10. The van der Waals surface area contributed by atoms with Crippen molar-refractivity contribution in [1.82, 2.24) is 5.32 Å². The summed E-state index contributed by atoms with van der Waals surface area (Å²) in [5, 5.41) is 3.70. The Morgan fingerprint density at radius 3 is 2.93 bits per heavy atom. The first-order valence-electron chi connectivity index (χ1n) is 9.48. The molecule has 1 N–H and O–H groups in total. The third kappa shape index (κ3) is 4.33. The van der Waals surface area contributed by atoms with Crippen molar-refractivity contribution in [3.63, 3.8) is 0 Å². The topological polar surface area (TPSA) is 71.0 Å². The maximum absolute atomic E-state index is 13.0. The highest BCUT2D eigenvalue weighted by Crippen LogP contribution is 2.40. The van der Waals surface area contributed by atoms with Crippen LogP contribution in [0.5, 0.6) is 0 Å². The van der Waals surface area contributed by atoms with Crippen molar-refractivity contribution >= 4 is 50.3 Å². The Morgan fingerprint density at radius 2 is 2.21 bits per heavy atom. The van der Waals surface area contributed by atoms with Crippen LogP contribution in [0.1, 0.15) is 45.2 Å². The van der Waals surface area contributed by atoms with E-state index in [1.54, 1.807) is 23.8 Å². The Morgan fingerprint density at radius 1 is 1.38 bits per heavy atom. The summed E-state index contributed by atoms with van der Waals surface area (Å²) in [4.78, 5) is 20.8. The molecule has 0 unspecified atom stereocenters. The minimum absolute atomic E-state index is 0.109. The van der Waals surface area contributed by atoms with E-state index in [-0.39, 0.29) is 5.91 Å². The smallest absolute Gasteiger partial charge is 0.255 e. The molecule has 0 saturated carbocycles. The summed E-state index contributed by atoms with van der Waals surface area (Å²) in [6, 6.07) is 5.54. The highest BCUT2D eigenvalue weighted by atomic mass is 79.9. The maximum atomic E-state index is 13.0. The molecular weight excluding hydrogens is 454 g/mol. The number of aliphatic imine (C=N–C) groups is 1. The lowest BCUT2D eigenvalue weighted by molar-refractivity contribution is 0.0948. The number of furan rings is 2. The molecule has 1 aliphatic carbocycles. The van der Waals surface area contributed by atoms with E-state index >= 15 is 0 Å². The Kier molecular flexibility index (Phi) is 5.91. The second-order valence-corrected chi connectivity index (χ2v) is 9.05. The largest absolute Gasteiger partial charge is 0.467 e.